The van der Waals surface area contributed by atoms with Gasteiger partial charge in [-0.15, -0.1) is 0 Å². The van der Waals surface area contributed by atoms with Gasteiger partial charge in [0, 0.05) is 11.1 Å². The Hall–Kier alpha value is -2.06. The summed E-state index contributed by atoms with van der Waals surface area (Å²) in [5.41, 5.74) is 3.35. The Morgan fingerprint density at radius 1 is 0.722 bits per heavy atom. The second-order valence-corrected chi connectivity index (χ2v) is 4.15. The molecule has 0 atom stereocenters. The first kappa shape index (κ1) is 11.1. The van der Waals surface area contributed by atoms with Crippen LogP contribution in [0.4, 0.5) is 0 Å². The number of rotatable bonds is 2. The lowest BCUT2D eigenvalue weighted by molar-refractivity contribution is 0.00292. The third-order valence-corrected chi connectivity index (χ3v) is 2.97. The first-order valence-corrected chi connectivity index (χ1v) is 6.00. The second-order valence-electron chi connectivity index (χ2n) is 4.15. The van der Waals surface area contributed by atoms with Crippen molar-refractivity contribution in [3.63, 3.8) is 0 Å². The molecule has 1 aliphatic heterocycles. The van der Waals surface area contributed by atoms with Crippen molar-refractivity contribution >= 4 is 11.3 Å². The Morgan fingerprint density at radius 2 is 1.33 bits per heavy atom. The van der Waals surface area contributed by atoms with Crippen LogP contribution in [0.15, 0.2) is 60.7 Å². The largest absolute Gasteiger partial charge is 0.467 e. The van der Waals surface area contributed by atoms with E-state index in [1.165, 1.54) is 0 Å². The van der Waals surface area contributed by atoms with Gasteiger partial charge in [-0.2, -0.15) is 0 Å². The van der Waals surface area contributed by atoms with Gasteiger partial charge in [0.15, 0.2) is 6.79 Å². The van der Waals surface area contributed by atoms with Gasteiger partial charge in [0.1, 0.15) is 5.76 Å². The summed E-state index contributed by atoms with van der Waals surface area (Å²) in [7, 11) is 0. The molecular weight excluding hydrogens is 224 g/mol. The van der Waals surface area contributed by atoms with Crippen molar-refractivity contribution in [1.82, 2.24) is 0 Å². The summed E-state index contributed by atoms with van der Waals surface area (Å²) in [6, 6.07) is 20.4. The normalized spacial score (nSPS) is 15.3. The molecule has 0 N–H and O–H groups in total. The molecular formula is C16H14O2. The van der Waals surface area contributed by atoms with Gasteiger partial charge in [-0.1, -0.05) is 60.7 Å². The van der Waals surface area contributed by atoms with Crippen LogP contribution >= 0.6 is 0 Å². The Kier molecular flexibility index (Phi) is 3.11. The zero-order valence-corrected chi connectivity index (χ0v) is 10.0. The van der Waals surface area contributed by atoms with Crippen LogP contribution in [0.1, 0.15) is 11.1 Å². The Balaban J connectivity index is 2.10. The van der Waals surface area contributed by atoms with E-state index in [0.29, 0.717) is 13.4 Å². The smallest absolute Gasteiger partial charge is 0.189 e. The first-order chi connectivity index (χ1) is 8.95. The van der Waals surface area contributed by atoms with Gasteiger partial charge >= 0.3 is 0 Å². The third kappa shape index (κ3) is 2.15. The van der Waals surface area contributed by atoms with E-state index < -0.39 is 0 Å². The highest BCUT2D eigenvalue weighted by molar-refractivity contribution is 5.88. The minimum absolute atomic E-state index is 0.320. The number of benzene rings is 2. The quantitative estimate of drug-likeness (QED) is 0.796. The van der Waals surface area contributed by atoms with Crippen LogP contribution in [-0.4, -0.2) is 13.4 Å². The van der Waals surface area contributed by atoms with Crippen molar-refractivity contribution < 1.29 is 9.47 Å². The monoisotopic (exact) mass is 238 g/mol. The van der Waals surface area contributed by atoms with Crippen LogP contribution in [0, 0.1) is 0 Å². The van der Waals surface area contributed by atoms with Crippen molar-refractivity contribution in [2.75, 3.05) is 13.4 Å². The number of hydrogen-bond donors (Lipinski definition) is 0. The molecule has 0 saturated heterocycles. The summed E-state index contributed by atoms with van der Waals surface area (Å²) in [6.45, 7) is 0.912. The lowest BCUT2D eigenvalue weighted by atomic mass is 10.0. The Bertz CT molecular complexity index is 492. The van der Waals surface area contributed by atoms with E-state index in [2.05, 4.69) is 24.3 Å². The predicted molar refractivity (Wildman–Crippen MR) is 71.6 cm³/mol. The molecule has 2 aromatic carbocycles. The van der Waals surface area contributed by atoms with E-state index in [1.54, 1.807) is 0 Å². The van der Waals surface area contributed by atoms with Crippen molar-refractivity contribution in [3.8, 4) is 0 Å². The van der Waals surface area contributed by atoms with Crippen molar-refractivity contribution in [2.24, 2.45) is 0 Å². The van der Waals surface area contributed by atoms with Crippen molar-refractivity contribution in [2.45, 2.75) is 0 Å². The molecule has 0 radical (unpaired) electrons. The summed E-state index contributed by atoms with van der Waals surface area (Å²) in [5.74, 6) is 0.924. The molecule has 0 aliphatic carbocycles. The molecule has 3 rings (SSSR count). The Labute approximate surface area is 106 Å². The van der Waals surface area contributed by atoms with Gasteiger partial charge in [-0.3, -0.25) is 0 Å². The van der Waals surface area contributed by atoms with Crippen LogP contribution in [0.3, 0.4) is 0 Å². The molecule has 90 valence electrons. The van der Waals surface area contributed by atoms with Gasteiger partial charge in [-0.25, -0.2) is 0 Å². The number of ether oxygens (including phenoxy) is 2. The van der Waals surface area contributed by atoms with Gasteiger partial charge in [0.05, 0.1) is 6.61 Å². The van der Waals surface area contributed by atoms with Crippen LogP contribution in [0.25, 0.3) is 11.3 Å². The highest BCUT2D eigenvalue weighted by atomic mass is 16.7. The third-order valence-electron chi connectivity index (χ3n) is 2.97. The van der Waals surface area contributed by atoms with Crippen molar-refractivity contribution in [1.29, 1.82) is 0 Å². The zero-order valence-electron chi connectivity index (χ0n) is 10.0. The summed E-state index contributed by atoms with van der Waals surface area (Å²) in [4.78, 5) is 0. The maximum atomic E-state index is 5.69. The molecule has 0 aromatic heterocycles. The highest BCUT2D eigenvalue weighted by Crippen LogP contribution is 2.30. The van der Waals surface area contributed by atoms with E-state index in [4.69, 9.17) is 9.47 Å². The summed E-state index contributed by atoms with van der Waals surface area (Å²) in [6.07, 6.45) is 0. The molecule has 2 aromatic rings. The molecule has 2 heteroatoms. The molecule has 0 amide bonds. The van der Waals surface area contributed by atoms with E-state index in [1.807, 2.05) is 36.4 Å². The molecule has 0 fully saturated rings. The van der Waals surface area contributed by atoms with Crippen LogP contribution < -0.4 is 0 Å². The molecule has 1 heterocycles. The topological polar surface area (TPSA) is 18.5 Å². The summed E-state index contributed by atoms with van der Waals surface area (Å²) >= 11 is 0. The van der Waals surface area contributed by atoms with Gasteiger partial charge in [0.2, 0.25) is 0 Å². The molecule has 0 bridgehead atoms. The van der Waals surface area contributed by atoms with E-state index in [0.717, 1.165) is 22.5 Å². The predicted octanol–water partition coefficient (Wildman–Crippen LogP) is 3.56. The fourth-order valence-electron chi connectivity index (χ4n) is 2.10. The lowest BCUT2D eigenvalue weighted by Gasteiger charge is -2.22. The molecule has 2 nitrogen and oxygen atoms in total. The highest BCUT2D eigenvalue weighted by Gasteiger charge is 2.17. The average molecular weight is 238 g/mol. The van der Waals surface area contributed by atoms with Crippen LogP contribution in [-0.2, 0) is 9.47 Å². The molecule has 0 unspecified atom stereocenters. The van der Waals surface area contributed by atoms with E-state index in [-0.39, 0.29) is 0 Å². The number of hydrogen-bond acceptors (Lipinski definition) is 2. The van der Waals surface area contributed by atoms with Crippen LogP contribution in [0.2, 0.25) is 0 Å². The van der Waals surface area contributed by atoms with Crippen molar-refractivity contribution in [3.05, 3.63) is 71.8 Å². The standard InChI is InChI=1S/C16H14O2/c1-3-7-13(8-4-1)15-11-17-12-18-16(15)14-9-5-2-6-10-14/h1-10H,11-12H2. The fourth-order valence-corrected chi connectivity index (χ4v) is 2.10. The fraction of sp³-hybridized carbons (Fsp3) is 0.125. The zero-order chi connectivity index (χ0) is 12.2. The van der Waals surface area contributed by atoms with Gasteiger partial charge in [0.25, 0.3) is 0 Å². The van der Waals surface area contributed by atoms with Gasteiger partial charge in [-0.05, 0) is 5.56 Å². The average Bonchev–Trinajstić information content (AvgIpc) is 2.49. The summed E-state index contributed by atoms with van der Waals surface area (Å²) < 4.78 is 11.1. The van der Waals surface area contributed by atoms with Crippen LogP contribution in [0.5, 0.6) is 0 Å². The summed E-state index contributed by atoms with van der Waals surface area (Å²) in [5, 5.41) is 0. The maximum Gasteiger partial charge on any atom is 0.189 e. The molecule has 18 heavy (non-hydrogen) atoms. The first-order valence-electron chi connectivity index (χ1n) is 6.00. The minimum Gasteiger partial charge on any atom is -0.467 e. The molecule has 0 saturated carbocycles. The van der Waals surface area contributed by atoms with E-state index >= 15 is 0 Å². The van der Waals surface area contributed by atoms with E-state index in [9.17, 15) is 0 Å². The molecule has 0 spiro atoms. The minimum atomic E-state index is 0.320. The molecule has 1 aliphatic rings. The van der Waals surface area contributed by atoms with Gasteiger partial charge < -0.3 is 9.47 Å². The second kappa shape index (κ2) is 5.07. The Morgan fingerprint density at radius 3 is 2.00 bits per heavy atom. The maximum absolute atomic E-state index is 5.69. The lowest BCUT2D eigenvalue weighted by Crippen LogP contribution is -2.12. The SMILES string of the molecule is c1ccc(C2=C(c3ccccc3)OCOC2)cc1.